The van der Waals surface area contributed by atoms with Crippen LogP contribution >= 0.6 is 11.8 Å². The average Bonchev–Trinajstić information content (AvgIpc) is 3.21. The quantitative estimate of drug-likeness (QED) is 0.911. The number of hydrogen-bond donors (Lipinski definition) is 1. The van der Waals surface area contributed by atoms with Gasteiger partial charge < -0.3 is 10.2 Å². The van der Waals surface area contributed by atoms with E-state index in [4.69, 9.17) is 0 Å². The maximum absolute atomic E-state index is 12.4. The normalized spacial score (nSPS) is 26.2. The molecule has 1 spiro atoms. The summed E-state index contributed by atoms with van der Waals surface area (Å²) in [5.41, 5.74) is 0.604. The van der Waals surface area contributed by atoms with Gasteiger partial charge >= 0.3 is 0 Å². The number of aromatic nitrogens is 2. The van der Waals surface area contributed by atoms with Crippen LogP contribution in [0.3, 0.4) is 0 Å². The minimum Gasteiger partial charge on any atom is -0.336 e. The Morgan fingerprint density at radius 1 is 1.41 bits per heavy atom. The van der Waals surface area contributed by atoms with Crippen LogP contribution in [0, 0.1) is 12.8 Å². The summed E-state index contributed by atoms with van der Waals surface area (Å²) >= 11 is 2.04. The number of amides is 1. The van der Waals surface area contributed by atoms with Gasteiger partial charge in [0, 0.05) is 37.3 Å². The molecule has 1 aromatic heterocycles. The van der Waals surface area contributed by atoms with Crippen molar-refractivity contribution in [3.63, 3.8) is 0 Å². The molecule has 1 unspecified atom stereocenters. The predicted molar refractivity (Wildman–Crippen MR) is 87.0 cm³/mol. The van der Waals surface area contributed by atoms with Crippen LogP contribution < -0.4 is 5.32 Å². The molecular formula is C16H22N4OS. The third-order valence-electron chi connectivity index (χ3n) is 4.87. The zero-order chi connectivity index (χ0) is 15.2. The summed E-state index contributed by atoms with van der Waals surface area (Å²) in [7, 11) is 0. The van der Waals surface area contributed by atoms with Crippen molar-refractivity contribution in [2.24, 2.45) is 5.92 Å². The Morgan fingerprint density at radius 3 is 2.82 bits per heavy atom. The molecular weight excluding hydrogens is 296 g/mol. The van der Waals surface area contributed by atoms with Crippen LogP contribution in [0.4, 0.5) is 0 Å². The Bertz CT molecular complexity index is 566. The highest BCUT2D eigenvalue weighted by Gasteiger charge is 2.50. The smallest absolute Gasteiger partial charge is 0.257 e. The molecule has 1 aliphatic carbocycles. The fourth-order valence-corrected chi connectivity index (χ4v) is 4.93. The van der Waals surface area contributed by atoms with E-state index in [1.54, 1.807) is 12.4 Å². The molecule has 3 fully saturated rings. The number of hydrogen-bond acceptors (Lipinski definition) is 5. The molecule has 4 rings (SSSR count). The fraction of sp³-hybridized carbons (Fsp3) is 0.688. The number of aryl methyl sites for hydroxylation is 1. The van der Waals surface area contributed by atoms with Gasteiger partial charge in [0.15, 0.2) is 0 Å². The van der Waals surface area contributed by atoms with Gasteiger partial charge in [-0.2, -0.15) is 0 Å². The van der Waals surface area contributed by atoms with Crippen LogP contribution in [0.1, 0.15) is 35.4 Å². The highest BCUT2D eigenvalue weighted by atomic mass is 32.2. The van der Waals surface area contributed by atoms with Gasteiger partial charge in [-0.15, -0.1) is 11.8 Å². The second-order valence-electron chi connectivity index (χ2n) is 6.93. The molecule has 1 saturated carbocycles. The van der Waals surface area contributed by atoms with Gasteiger partial charge in [0.1, 0.15) is 5.82 Å². The lowest BCUT2D eigenvalue weighted by molar-refractivity contribution is 0.0551. The van der Waals surface area contributed by atoms with Gasteiger partial charge in [-0.25, -0.2) is 9.97 Å². The standard InChI is InChI=1S/C16H22N4OS/c1-11-17-6-13(7-18-11)15(21)20-9-16(10-20)4-14(8-22-16)19-5-12-2-3-12/h6-7,12,14,19H,2-5,8-10H2,1H3. The Balaban J connectivity index is 1.29. The number of rotatable bonds is 4. The van der Waals surface area contributed by atoms with E-state index in [0.29, 0.717) is 22.2 Å². The highest BCUT2D eigenvalue weighted by Crippen LogP contribution is 2.45. The van der Waals surface area contributed by atoms with Crippen LogP contribution in [0.25, 0.3) is 0 Å². The molecule has 2 saturated heterocycles. The highest BCUT2D eigenvalue weighted by molar-refractivity contribution is 8.01. The number of nitrogens with one attached hydrogen (secondary N) is 1. The molecule has 3 heterocycles. The summed E-state index contributed by atoms with van der Waals surface area (Å²) in [5.74, 6) is 2.89. The number of carbonyl (C=O) groups is 1. The first-order valence-electron chi connectivity index (χ1n) is 8.09. The first kappa shape index (κ1) is 14.5. The summed E-state index contributed by atoms with van der Waals surface area (Å²) in [5, 5.41) is 3.70. The summed E-state index contributed by atoms with van der Waals surface area (Å²) in [6.45, 7) is 4.75. The molecule has 1 atom stereocenters. The number of nitrogens with zero attached hydrogens (tertiary/aromatic N) is 3. The molecule has 0 radical (unpaired) electrons. The van der Waals surface area contributed by atoms with Gasteiger partial charge in [-0.1, -0.05) is 0 Å². The van der Waals surface area contributed by atoms with E-state index in [9.17, 15) is 4.79 Å². The maximum Gasteiger partial charge on any atom is 0.257 e. The SMILES string of the molecule is Cc1ncc(C(=O)N2CC3(CC(NCC4CC4)CS3)C2)cn1. The van der Waals surface area contributed by atoms with Crippen LogP contribution in [-0.4, -0.2) is 57.0 Å². The number of carbonyl (C=O) groups excluding carboxylic acids is 1. The Hall–Kier alpha value is -1.14. The van der Waals surface area contributed by atoms with Gasteiger partial charge in [-0.3, -0.25) is 4.79 Å². The second kappa shape index (κ2) is 5.49. The fourth-order valence-electron chi connectivity index (χ4n) is 3.33. The third-order valence-corrected chi connectivity index (χ3v) is 6.48. The third kappa shape index (κ3) is 2.86. The van der Waals surface area contributed by atoms with E-state index >= 15 is 0 Å². The molecule has 6 heteroatoms. The van der Waals surface area contributed by atoms with Crippen LogP contribution in [0.5, 0.6) is 0 Å². The second-order valence-corrected chi connectivity index (χ2v) is 8.41. The topological polar surface area (TPSA) is 58.1 Å². The van der Waals surface area contributed by atoms with Gasteiger partial charge in [0.25, 0.3) is 5.91 Å². The molecule has 118 valence electrons. The zero-order valence-electron chi connectivity index (χ0n) is 12.9. The number of likely N-dealkylation sites (tertiary alicyclic amines) is 1. The molecule has 3 aliphatic rings. The monoisotopic (exact) mass is 318 g/mol. The van der Waals surface area contributed by atoms with Crippen molar-refractivity contribution in [1.29, 1.82) is 0 Å². The number of thioether (sulfide) groups is 1. The van der Waals surface area contributed by atoms with E-state index in [0.717, 1.165) is 19.0 Å². The van der Waals surface area contributed by atoms with E-state index in [-0.39, 0.29) is 5.91 Å². The Morgan fingerprint density at radius 2 is 2.14 bits per heavy atom. The Kier molecular flexibility index (Phi) is 3.61. The van der Waals surface area contributed by atoms with Crippen molar-refractivity contribution in [3.05, 3.63) is 23.8 Å². The van der Waals surface area contributed by atoms with E-state index in [1.165, 1.54) is 31.6 Å². The molecule has 0 bridgehead atoms. The van der Waals surface area contributed by atoms with Crippen molar-refractivity contribution in [3.8, 4) is 0 Å². The molecule has 1 aromatic rings. The first-order valence-corrected chi connectivity index (χ1v) is 9.07. The van der Waals surface area contributed by atoms with Gasteiger partial charge in [0.2, 0.25) is 0 Å². The lowest BCUT2D eigenvalue weighted by atomic mass is 9.91. The molecule has 2 aliphatic heterocycles. The van der Waals surface area contributed by atoms with Crippen molar-refractivity contribution in [2.75, 3.05) is 25.4 Å². The van der Waals surface area contributed by atoms with Crippen molar-refractivity contribution < 1.29 is 4.79 Å². The zero-order valence-corrected chi connectivity index (χ0v) is 13.7. The molecule has 0 aromatic carbocycles. The largest absolute Gasteiger partial charge is 0.336 e. The minimum absolute atomic E-state index is 0.0700. The predicted octanol–water partition coefficient (Wildman–Crippen LogP) is 1.48. The molecule has 22 heavy (non-hydrogen) atoms. The summed E-state index contributed by atoms with van der Waals surface area (Å²) in [4.78, 5) is 22.6. The lowest BCUT2D eigenvalue weighted by Crippen LogP contribution is -2.61. The van der Waals surface area contributed by atoms with Crippen molar-refractivity contribution in [1.82, 2.24) is 20.2 Å². The van der Waals surface area contributed by atoms with Crippen molar-refractivity contribution >= 4 is 17.7 Å². The maximum atomic E-state index is 12.4. The van der Waals surface area contributed by atoms with Crippen LogP contribution in [0.2, 0.25) is 0 Å². The Labute approximate surface area is 135 Å². The summed E-state index contributed by atoms with van der Waals surface area (Å²) in [6, 6.07) is 0.630. The van der Waals surface area contributed by atoms with Crippen molar-refractivity contribution in [2.45, 2.75) is 37.0 Å². The molecule has 1 amide bonds. The van der Waals surface area contributed by atoms with Crippen LogP contribution in [0.15, 0.2) is 12.4 Å². The molecule has 1 N–H and O–H groups in total. The summed E-state index contributed by atoms with van der Waals surface area (Å²) < 4.78 is 0.294. The average molecular weight is 318 g/mol. The van der Waals surface area contributed by atoms with E-state index < -0.39 is 0 Å². The van der Waals surface area contributed by atoms with E-state index in [1.807, 2.05) is 23.6 Å². The first-order chi connectivity index (χ1) is 10.6. The van der Waals surface area contributed by atoms with Crippen LogP contribution in [-0.2, 0) is 0 Å². The lowest BCUT2D eigenvalue weighted by Gasteiger charge is -2.47. The summed E-state index contributed by atoms with van der Waals surface area (Å²) in [6.07, 6.45) is 7.27. The van der Waals surface area contributed by atoms with E-state index in [2.05, 4.69) is 15.3 Å². The van der Waals surface area contributed by atoms with Gasteiger partial charge in [0.05, 0.1) is 10.3 Å². The molecule has 5 nitrogen and oxygen atoms in total. The minimum atomic E-state index is 0.0700. The van der Waals surface area contributed by atoms with Gasteiger partial charge in [-0.05, 0) is 38.6 Å².